The minimum absolute atomic E-state index is 0.0301. The van der Waals surface area contributed by atoms with E-state index in [1.807, 2.05) is 42.5 Å². The molecule has 0 unspecified atom stereocenters. The monoisotopic (exact) mass is 351 g/mol. The third-order valence-corrected chi connectivity index (χ3v) is 4.46. The average Bonchev–Trinajstić information content (AvgIpc) is 2.66. The van der Waals surface area contributed by atoms with Gasteiger partial charge in [0.25, 0.3) is 0 Å². The molecule has 0 atom stereocenters. The van der Waals surface area contributed by atoms with E-state index in [1.165, 1.54) is 7.11 Å². The van der Waals surface area contributed by atoms with Gasteiger partial charge in [0.1, 0.15) is 5.76 Å². The van der Waals surface area contributed by atoms with Gasteiger partial charge in [-0.15, -0.1) is 0 Å². The van der Waals surface area contributed by atoms with Crippen molar-refractivity contribution < 1.29 is 19.4 Å². The molecule has 1 saturated carbocycles. The van der Waals surface area contributed by atoms with E-state index in [9.17, 15) is 14.7 Å². The Labute approximate surface area is 152 Å². The molecule has 1 aliphatic rings. The van der Waals surface area contributed by atoms with Crippen molar-refractivity contribution in [3.8, 4) is 0 Å². The lowest BCUT2D eigenvalue weighted by Gasteiger charge is -2.18. The van der Waals surface area contributed by atoms with Crippen molar-refractivity contribution >= 4 is 33.9 Å². The van der Waals surface area contributed by atoms with E-state index in [2.05, 4.69) is 9.73 Å². The van der Waals surface area contributed by atoms with Crippen molar-refractivity contribution in [2.24, 2.45) is 4.99 Å². The lowest BCUT2D eigenvalue weighted by atomic mass is 9.89. The third-order valence-electron chi connectivity index (χ3n) is 4.46. The molecule has 134 valence electrons. The minimum atomic E-state index is -0.423. The van der Waals surface area contributed by atoms with Gasteiger partial charge in [-0.1, -0.05) is 30.3 Å². The molecule has 0 spiro atoms. The van der Waals surface area contributed by atoms with Crippen LogP contribution in [0, 0.1) is 0 Å². The van der Waals surface area contributed by atoms with E-state index in [1.54, 1.807) is 0 Å². The summed E-state index contributed by atoms with van der Waals surface area (Å²) in [4.78, 5) is 28.3. The number of fused-ring (bicyclic) bond motifs is 1. The highest BCUT2D eigenvalue weighted by molar-refractivity contribution is 6.24. The molecule has 0 amide bonds. The topological polar surface area (TPSA) is 76.0 Å². The fraction of sp³-hybridized carbons (Fsp3) is 0.286. The summed E-state index contributed by atoms with van der Waals surface area (Å²) < 4.78 is 4.59. The lowest BCUT2D eigenvalue weighted by molar-refractivity contribution is -0.140. The maximum absolute atomic E-state index is 12.3. The molecular weight excluding hydrogens is 330 g/mol. The first-order valence-electron chi connectivity index (χ1n) is 8.67. The highest BCUT2D eigenvalue weighted by Gasteiger charge is 2.25. The van der Waals surface area contributed by atoms with Crippen LogP contribution in [-0.2, 0) is 14.3 Å². The van der Waals surface area contributed by atoms with Gasteiger partial charge in [-0.25, -0.2) is 0 Å². The predicted molar refractivity (Wildman–Crippen MR) is 101 cm³/mol. The van der Waals surface area contributed by atoms with Gasteiger partial charge in [-0.05, 0) is 35.7 Å². The number of benzene rings is 2. The SMILES string of the molecule is COC(=O)CC/C(O)=C1\C(=O)CCCC1=Nc1ccc2ccccc2c1. The molecule has 0 radical (unpaired) electrons. The molecule has 1 aliphatic carbocycles. The normalized spacial score (nSPS) is 18.2. The Hall–Kier alpha value is -2.95. The first-order valence-corrected chi connectivity index (χ1v) is 8.67. The summed E-state index contributed by atoms with van der Waals surface area (Å²) in [5.74, 6) is -0.633. The summed E-state index contributed by atoms with van der Waals surface area (Å²) in [7, 11) is 1.30. The molecule has 2 aromatic rings. The number of aliphatic hydroxyl groups is 1. The van der Waals surface area contributed by atoms with Crippen LogP contribution in [0.3, 0.4) is 0 Å². The highest BCUT2D eigenvalue weighted by Crippen LogP contribution is 2.27. The number of carbonyl (C=O) groups is 2. The number of carbonyl (C=O) groups excluding carboxylic acids is 2. The van der Waals surface area contributed by atoms with Crippen LogP contribution in [0.1, 0.15) is 32.1 Å². The van der Waals surface area contributed by atoms with Gasteiger partial charge in [0.2, 0.25) is 0 Å². The smallest absolute Gasteiger partial charge is 0.305 e. The summed E-state index contributed by atoms with van der Waals surface area (Å²) in [5.41, 5.74) is 1.58. The van der Waals surface area contributed by atoms with Gasteiger partial charge in [-0.3, -0.25) is 14.6 Å². The van der Waals surface area contributed by atoms with Gasteiger partial charge < -0.3 is 9.84 Å². The molecular formula is C21H21NO4. The van der Waals surface area contributed by atoms with Gasteiger partial charge in [0, 0.05) is 12.8 Å². The number of hydrogen-bond donors (Lipinski definition) is 1. The fourth-order valence-electron chi connectivity index (χ4n) is 3.12. The first-order chi connectivity index (χ1) is 12.6. The zero-order chi connectivity index (χ0) is 18.5. The van der Waals surface area contributed by atoms with Crippen LogP contribution in [0.2, 0.25) is 0 Å². The van der Waals surface area contributed by atoms with E-state index in [-0.39, 0.29) is 30.0 Å². The van der Waals surface area contributed by atoms with Crippen LogP contribution in [0.4, 0.5) is 5.69 Å². The zero-order valence-corrected chi connectivity index (χ0v) is 14.7. The number of ketones is 1. The molecule has 0 bridgehead atoms. The lowest BCUT2D eigenvalue weighted by Crippen LogP contribution is -2.21. The molecule has 5 heteroatoms. The number of nitrogens with zero attached hydrogens (tertiary/aromatic N) is 1. The number of esters is 1. The van der Waals surface area contributed by atoms with E-state index in [4.69, 9.17) is 0 Å². The van der Waals surface area contributed by atoms with E-state index in [0.717, 1.165) is 16.5 Å². The molecule has 26 heavy (non-hydrogen) atoms. The maximum Gasteiger partial charge on any atom is 0.305 e. The number of hydrogen-bond acceptors (Lipinski definition) is 5. The number of ether oxygens (including phenoxy) is 1. The number of rotatable bonds is 4. The second-order valence-electron chi connectivity index (χ2n) is 6.26. The van der Waals surface area contributed by atoms with Gasteiger partial charge >= 0.3 is 5.97 Å². The Morgan fingerprint density at radius 1 is 1.12 bits per heavy atom. The Balaban J connectivity index is 1.94. The number of aliphatic hydroxyl groups excluding tert-OH is 1. The van der Waals surface area contributed by atoms with Gasteiger partial charge in [0.05, 0.1) is 30.5 Å². The minimum Gasteiger partial charge on any atom is -0.511 e. The van der Waals surface area contributed by atoms with Crippen LogP contribution in [0.25, 0.3) is 10.8 Å². The molecule has 1 fully saturated rings. The molecule has 0 heterocycles. The van der Waals surface area contributed by atoms with Crippen molar-refractivity contribution in [2.45, 2.75) is 32.1 Å². The molecule has 2 aromatic carbocycles. The predicted octanol–water partition coefficient (Wildman–Crippen LogP) is 4.43. The van der Waals surface area contributed by atoms with Crippen LogP contribution < -0.4 is 0 Å². The highest BCUT2D eigenvalue weighted by atomic mass is 16.5. The summed E-state index contributed by atoms with van der Waals surface area (Å²) in [6, 6.07) is 13.8. The Morgan fingerprint density at radius 2 is 1.88 bits per heavy atom. The zero-order valence-electron chi connectivity index (χ0n) is 14.7. The number of methoxy groups -OCH3 is 1. The maximum atomic E-state index is 12.3. The molecule has 3 rings (SSSR count). The largest absolute Gasteiger partial charge is 0.511 e. The van der Waals surface area contributed by atoms with E-state index in [0.29, 0.717) is 25.0 Å². The number of Topliss-reactive ketones (excluding diaryl/α,β-unsaturated/α-hetero) is 1. The van der Waals surface area contributed by atoms with Crippen molar-refractivity contribution in [3.05, 3.63) is 53.8 Å². The van der Waals surface area contributed by atoms with Crippen molar-refractivity contribution in [1.29, 1.82) is 0 Å². The Morgan fingerprint density at radius 3 is 2.65 bits per heavy atom. The van der Waals surface area contributed by atoms with Crippen molar-refractivity contribution in [1.82, 2.24) is 0 Å². The average molecular weight is 351 g/mol. The molecule has 0 aromatic heterocycles. The Bertz CT molecular complexity index is 911. The standard InChI is InChI=1S/C21H21NO4/c1-26-20(25)12-11-19(24)21-17(7-4-8-18(21)23)22-16-10-9-14-5-2-3-6-15(14)13-16/h2-3,5-6,9-10,13,24H,4,7-8,11-12H2,1H3/b21-19+,22-17?. The van der Waals surface area contributed by atoms with Crippen LogP contribution in [0.15, 0.2) is 58.8 Å². The summed E-state index contributed by atoms with van der Waals surface area (Å²) in [6.07, 6.45) is 1.82. The molecule has 5 nitrogen and oxygen atoms in total. The molecule has 1 N–H and O–H groups in total. The number of allylic oxidation sites excluding steroid dienone is 2. The Kier molecular flexibility index (Phi) is 5.46. The van der Waals surface area contributed by atoms with Crippen LogP contribution >= 0.6 is 0 Å². The fourth-order valence-corrected chi connectivity index (χ4v) is 3.12. The van der Waals surface area contributed by atoms with E-state index >= 15 is 0 Å². The summed E-state index contributed by atoms with van der Waals surface area (Å²) in [5, 5.41) is 12.6. The molecule has 0 aliphatic heterocycles. The summed E-state index contributed by atoms with van der Waals surface area (Å²) in [6.45, 7) is 0. The summed E-state index contributed by atoms with van der Waals surface area (Å²) >= 11 is 0. The second kappa shape index (κ2) is 7.95. The van der Waals surface area contributed by atoms with Crippen molar-refractivity contribution in [2.75, 3.05) is 7.11 Å². The van der Waals surface area contributed by atoms with E-state index < -0.39 is 5.97 Å². The second-order valence-corrected chi connectivity index (χ2v) is 6.26. The van der Waals surface area contributed by atoms with Gasteiger partial charge in [-0.2, -0.15) is 0 Å². The van der Waals surface area contributed by atoms with Gasteiger partial charge in [0.15, 0.2) is 5.78 Å². The first kappa shape index (κ1) is 17.9. The van der Waals surface area contributed by atoms with Crippen LogP contribution in [-0.4, -0.2) is 29.7 Å². The molecule has 0 saturated heterocycles. The third kappa shape index (κ3) is 3.99. The number of aliphatic imine (C=N–C) groups is 1. The quantitative estimate of drug-likeness (QED) is 0.502. The van der Waals surface area contributed by atoms with Crippen molar-refractivity contribution in [3.63, 3.8) is 0 Å². The van der Waals surface area contributed by atoms with Crippen LogP contribution in [0.5, 0.6) is 0 Å².